The summed E-state index contributed by atoms with van der Waals surface area (Å²) in [7, 11) is 0. The summed E-state index contributed by atoms with van der Waals surface area (Å²) in [6.45, 7) is 1.66. The molecule has 0 unspecified atom stereocenters. The predicted octanol–water partition coefficient (Wildman–Crippen LogP) is 4.80. The molecular formula is C20H14FN3O7S. The van der Waals surface area contributed by atoms with E-state index >= 15 is 0 Å². The maximum Gasteiger partial charge on any atom is 0.341 e. The first kappa shape index (κ1) is 22.5. The van der Waals surface area contributed by atoms with Crippen LogP contribution < -0.4 is 5.32 Å². The first-order valence-corrected chi connectivity index (χ1v) is 9.89. The molecule has 2 aromatic carbocycles. The fraction of sp³-hybridized carbons (Fsp3) is 0.100. The van der Waals surface area contributed by atoms with Gasteiger partial charge in [-0.3, -0.25) is 25.0 Å². The number of rotatable bonds is 7. The molecule has 0 atom stereocenters. The van der Waals surface area contributed by atoms with E-state index in [0.29, 0.717) is 11.1 Å². The van der Waals surface area contributed by atoms with Gasteiger partial charge in [0.15, 0.2) is 0 Å². The number of hydrogen-bond donors (Lipinski definition) is 1. The van der Waals surface area contributed by atoms with Crippen LogP contribution in [0, 0.1) is 26.0 Å². The fourth-order valence-corrected chi connectivity index (χ4v) is 3.76. The Bertz CT molecular complexity index is 1190. The highest BCUT2D eigenvalue weighted by atomic mass is 32.1. The summed E-state index contributed by atoms with van der Waals surface area (Å²) in [5.41, 5.74) is -0.707. The van der Waals surface area contributed by atoms with Gasteiger partial charge in [-0.15, -0.1) is 11.3 Å². The van der Waals surface area contributed by atoms with E-state index in [1.165, 1.54) is 24.3 Å². The number of benzene rings is 2. The Balaban J connectivity index is 2.02. The molecule has 0 bridgehead atoms. The molecule has 32 heavy (non-hydrogen) atoms. The molecule has 1 N–H and O–H groups in total. The number of esters is 1. The lowest BCUT2D eigenvalue weighted by Crippen LogP contribution is -2.15. The molecule has 1 aromatic heterocycles. The van der Waals surface area contributed by atoms with Crippen molar-refractivity contribution < 1.29 is 28.6 Å². The largest absolute Gasteiger partial charge is 0.462 e. The second kappa shape index (κ2) is 9.31. The molecule has 10 nitrogen and oxygen atoms in total. The van der Waals surface area contributed by atoms with Gasteiger partial charge in [-0.2, -0.15) is 0 Å². The Labute approximate surface area is 183 Å². The van der Waals surface area contributed by atoms with Crippen molar-refractivity contribution in [2.75, 3.05) is 11.9 Å². The quantitative estimate of drug-likeness (QED) is 0.304. The number of nitro groups is 2. The van der Waals surface area contributed by atoms with E-state index < -0.39 is 38.9 Å². The van der Waals surface area contributed by atoms with Crippen LogP contribution in [-0.2, 0) is 4.74 Å². The zero-order chi connectivity index (χ0) is 23.4. The second-order valence-electron chi connectivity index (χ2n) is 6.29. The minimum atomic E-state index is -0.894. The highest BCUT2D eigenvalue weighted by molar-refractivity contribution is 7.15. The van der Waals surface area contributed by atoms with Crippen LogP contribution in [0.15, 0.2) is 47.8 Å². The summed E-state index contributed by atoms with van der Waals surface area (Å²) >= 11 is 0.979. The Morgan fingerprint density at radius 3 is 2.19 bits per heavy atom. The van der Waals surface area contributed by atoms with Crippen LogP contribution >= 0.6 is 11.3 Å². The number of hydrogen-bond acceptors (Lipinski definition) is 8. The lowest BCUT2D eigenvalue weighted by atomic mass is 10.0. The fourth-order valence-electron chi connectivity index (χ4n) is 2.81. The molecule has 164 valence electrons. The number of carbonyl (C=O) groups excluding carboxylic acids is 2. The van der Waals surface area contributed by atoms with Crippen molar-refractivity contribution in [3.05, 3.63) is 85.0 Å². The monoisotopic (exact) mass is 459 g/mol. The molecule has 0 radical (unpaired) electrons. The van der Waals surface area contributed by atoms with Crippen molar-refractivity contribution >= 4 is 39.6 Å². The highest BCUT2D eigenvalue weighted by Gasteiger charge is 2.25. The molecule has 12 heteroatoms. The Morgan fingerprint density at radius 1 is 1.06 bits per heavy atom. The highest BCUT2D eigenvalue weighted by Crippen LogP contribution is 2.37. The van der Waals surface area contributed by atoms with E-state index in [4.69, 9.17) is 4.74 Å². The van der Waals surface area contributed by atoms with Crippen LogP contribution in [0.4, 0.5) is 20.8 Å². The van der Waals surface area contributed by atoms with Gasteiger partial charge in [0.1, 0.15) is 16.4 Å². The van der Waals surface area contributed by atoms with E-state index in [1.807, 2.05) is 0 Å². The van der Waals surface area contributed by atoms with Crippen LogP contribution in [0.3, 0.4) is 0 Å². The number of anilines is 1. The molecule has 0 saturated carbocycles. The standard InChI is InChI=1S/C20H14FN3O7S/c1-2-31-20(26)17-16(11-3-5-13(21)6-4-11)10-32-19(17)22-18(25)12-7-14(23(27)28)9-15(8-12)24(29)30/h3-10H,2H2,1H3,(H,22,25). The summed E-state index contributed by atoms with van der Waals surface area (Å²) in [5.74, 6) is -2.11. The number of amides is 1. The van der Waals surface area contributed by atoms with Crippen molar-refractivity contribution in [1.29, 1.82) is 0 Å². The van der Waals surface area contributed by atoms with Gasteiger partial charge in [-0.05, 0) is 24.6 Å². The first-order chi connectivity index (χ1) is 15.2. The van der Waals surface area contributed by atoms with Crippen LogP contribution in [0.25, 0.3) is 11.1 Å². The van der Waals surface area contributed by atoms with Crippen molar-refractivity contribution in [1.82, 2.24) is 0 Å². The molecular weight excluding hydrogens is 445 g/mol. The minimum Gasteiger partial charge on any atom is -0.462 e. The summed E-state index contributed by atoms with van der Waals surface area (Å²) in [4.78, 5) is 45.7. The van der Waals surface area contributed by atoms with Crippen molar-refractivity contribution in [3.8, 4) is 11.1 Å². The van der Waals surface area contributed by atoms with E-state index in [9.17, 15) is 34.2 Å². The topological polar surface area (TPSA) is 142 Å². The van der Waals surface area contributed by atoms with E-state index in [2.05, 4.69) is 5.32 Å². The van der Waals surface area contributed by atoms with Crippen LogP contribution in [0.1, 0.15) is 27.6 Å². The van der Waals surface area contributed by atoms with Gasteiger partial charge in [0, 0.05) is 23.1 Å². The van der Waals surface area contributed by atoms with Crippen molar-refractivity contribution in [2.45, 2.75) is 6.92 Å². The van der Waals surface area contributed by atoms with Crippen molar-refractivity contribution in [2.24, 2.45) is 0 Å². The number of nitrogens with one attached hydrogen (secondary N) is 1. The smallest absolute Gasteiger partial charge is 0.341 e. The maximum absolute atomic E-state index is 13.3. The van der Waals surface area contributed by atoms with E-state index in [1.54, 1.807) is 12.3 Å². The lowest BCUT2D eigenvalue weighted by Gasteiger charge is -2.09. The molecule has 0 aliphatic rings. The van der Waals surface area contributed by atoms with Crippen LogP contribution in [0.5, 0.6) is 0 Å². The van der Waals surface area contributed by atoms with Gasteiger partial charge >= 0.3 is 5.97 Å². The van der Waals surface area contributed by atoms with Gasteiger partial charge < -0.3 is 10.1 Å². The molecule has 0 saturated heterocycles. The van der Waals surface area contributed by atoms with Gasteiger partial charge in [-0.25, -0.2) is 9.18 Å². The molecule has 1 heterocycles. The molecule has 0 spiro atoms. The zero-order valence-electron chi connectivity index (χ0n) is 16.4. The predicted molar refractivity (Wildman–Crippen MR) is 113 cm³/mol. The third-order valence-corrected chi connectivity index (χ3v) is 5.13. The number of carbonyl (C=O) groups is 2. The molecule has 0 fully saturated rings. The Morgan fingerprint density at radius 2 is 1.66 bits per heavy atom. The summed E-state index contributed by atoms with van der Waals surface area (Å²) < 4.78 is 18.3. The number of nitro benzene ring substituents is 2. The number of halogens is 1. The third-order valence-electron chi connectivity index (χ3n) is 4.24. The van der Waals surface area contributed by atoms with Gasteiger partial charge in [0.2, 0.25) is 0 Å². The van der Waals surface area contributed by atoms with E-state index in [0.717, 1.165) is 29.5 Å². The maximum atomic E-state index is 13.3. The average molecular weight is 459 g/mol. The van der Waals surface area contributed by atoms with Gasteiger partial charge in [0.25, 0.3) is 17.3 Å². The average Bonchev–Trinajstić information content (AvgIpc) is 3.17. The van der Waals surface area contributed by atoms with Gasteiger partial charge in [-0.1, -0.05) is 12.1 Å². The molecule has 3 aromatic rings. The van der Waals surface area contributed by atoms with Crippen molar-refractivity contribution in [3.63, 3.8) is 0 Å². The van der Waals surface area contributed by atoms with Gasteiger partial charge in [0.05, 0.1) is 28.1 Å². The summed E-state index contributed by atoms with van der Waals surface area (Å²) in [6, 6.07) is 7.84. The Hall–Kier alpha value is -4.19. The minimum absolute atomic E-state index is 0.0109. The lowest BCUT2D eigenvalue weighted by molar-refractivity contribution is -0.394. The normalized spacial score (nSPS) is 10.4. The molecule has 1 amide bonds. The van der Waals surface area contributed by atoms with Crippen LogP contribution in [-0.4, -0.2) is 28.3 Å². The van der Waals surface area contributed by atoms with E-state index in [-0.39, 0.29) is 22.7 Å². The number of thiophene rings is 1. The Kier molecular flexibility index (Phi) is 6.54. The summed E-state index contributed by atoms with van der Waals surface area (Å²) in [5, 5.41) is 26.2. The first-order valence-electron chi connectivity index (χ1n) is 9.01. The molecule has 3 rings (SSSR count). The molecule has 0 aliphatic heterocycles. The number of nitrogens with zero attached hydrogens (tertiary/aromatic N) is 2. The molecule has 0 aliphatic carbocycles. The summed E-state index contributed by atoms with van der Waals surface area (Å²) in [6.07, 6.45) is 0. The number of ether oxygens (including phenoxy) is 1. The number of non-ortho nitro benzene ring substituents is 2. The SMILES string of the molecule is CCOC(=O)c1c(-c2ccc(F)cc2)csc1NC(=O)c1cc([N+](=O)[O-])cc([N+](=O)[O-])c1. The second-order valence-corrected chi connectivity index (χ2v) is 7.17. The third kappa shape index (κ3) is 4.75. The zero-order valence-corrected chi connectivity index (χ0v) is 17.2. The van der Waals surface area contributed by atoms with Crippen LogP contribution in [0.2, 0.25) is 0 Å².